The van der Waals surface area contributed by atoms with E-state index in [0.29, 0.717) is 23.2 Å². The van der Waals surface area contributed by atoms with Crippen molar-refractivity contribution in [1.29, 1.82) is 0 Å². The second kappa shape index (κ2) is 8.92. The van der Waals surface area contributed by atoms with Crippen LogP contribution in [0.3, 0.4) is 0 Å². The molecular formula is C28H26BrN3O4S. The van der Waals surface area contributed by atoms with Gasteiger partial charge in [-0.2, -0.15) is 0 Å². The molecule has 0 radical (unpaired) electrons. The number of carbonyl (C=O) groups excluding carboxylic acids is 1. The van der Waals surface area contributed by atoms with Crippen LogP contribution in [0.2, 0.25) is 0 Å². The van der Waals surface area contributed by atoms with E-state index in [-0.39, 0.29) is 18.7 Å². The van der Waals surface area contributed by atoms with E-state index in [1.165, 1.54) is 0 Å². The van der Waals surface area contributed by atoms with Gasteiger partial charge in [0.1, 0.15) is 11.7 Å². The molecular weight excluding hydrogens is 554 g/mol. The third-order valence-corrected chi connectivity index (χ3v) is 8.13. The van der Waals surface area contributed by atoms with Gasteiger partial charge in [-0.15, -0.1) is 0 Å². The summed E-state index contributed by atoms with van der Waals surface area (Å²) in [5.41, 5.74) is 3.73. The quantitative estimate of drug-likeness (QED) is 0.390. The van der Waals surface area contributed by atoms with Gasteiger partial charge in [0.15, 0.2) is 22.3 Å². The summed E-state index contributed by atoms with van der Waals surface area (Å²) in [5.74, 6) is 1.39. The van der Waals surface area contributed by atoms with Crippen LogP contribution in [-0.4, -0.2) is 28.4 Å². The van der Waals surface area contributed by atoms with Crippen molar-refractivity contribution in [2.45, 2.75) is 39.1 Å². The number of ether oxygens (including phenoxy) is 3. The Bertz CT molecular complexity index is 1450. The van der Waals surface area contributed by atoms with Crippen LogP contribution in [0.5, 0.6) is 17.2 Å². The Balaban J connectivity index is 1.40. The number of nitrogens with zero attached hydrogens (tertiary/aromatic N) is 1. The summed E-state index contributed by atoms with van der Waals surface area (Å²) in [6.45, 7) is 6.60. The Morgan fingerprint density at radius 3 is 2.70 bits per heavy atom. The maximum atomic E-state index is 14.0. The van der Waals surface area contributed by atoms with Gasteiger partial charge in [0.2, 0.25) is 12.7 Å². The molecule has 190 valence electrons. The predicted molar refractivity (Wildman–Crippen MR) is 148 cm³/mol. The number of aryl methyl sites for hydroxylation is 2. The average molecular weight is 581 g/mol. The smallest absolute Gasteiger partial charge is 0.236 e. The molecule has 37 heavy (non-hydrogen) atoms. The number of thiocarbonyl (C=S) groups is 1. The van der Waals surface area contributed by atoms with E-state index in [2.05, 4.69) is 32.6 Å². The van der Waals surface area contributed by atoms with Crippen LogP contribution < -0.4 is 24.8 Å². The van der Waals surface area contributed by atoms with E-state index in [0.717, 1.165) is 38.2 Å². The molecule has 6 rings (SSSR count). The van der Waals surface area contributed by atoms with Crippen molar-refractivity contribution in [1.82, 2.24) is 10.2 Å². The number of anilines is 1. The van der Waals surface area contributed by atoms with Crippen molar-refractivity contribution in [2.24, 2.45) is 5.92 Å². The highest BCUT2D eigenvalue weighted by Gasteiger charge is 2.58. The average Bonchev–Trinajstić information content (AvgIpc) is 3.32. The molecule has 3 aliphatic heterocycles. The lowest BCUT2D eigenvalue weighted by molar-refractivity contribution is -0.150. The van der Waals surface area contributed by atoms with Gasteiger partial charge in [0.25, 0.3) is 0 Å². The molecule has 7 nitrogen and oxygen atoms in total. The first kappa shape index (κ1) is 24.1. The second-order valence-electron chi connectivity index (χ2n) is 9.83. The first-order valence-electron chi connectivity index (χ1n) is 12.1. The van der Waals surface area contributed by atoms with Crippen LogP contribution in [0.25, 0.3) is 0 Å². The van der Waals surface area contributed by atoms with Crippen LogP contribution in [-0.2, 0) is 11.3 Å². The topological polar surface area (TPSA) is 72.1 Å². The van der Waals surface area contributed by atoms with Gasteiger partial charge < -0.3 is 29.7 Å². The van der Waals surface area contributed by atoms with Gasteiger partial charge in [-0.1, -0.05) is 39.7 Å². The number of carbonyl (C=O) groups is 1. The Morgan fingerprint density at radius 2 is 1.89 bits per heavy atom. The molecule has 3 atom stereocenters. The lowest BCUT2D eigenvalue weighted by atomic mass is 9.78. The largest absolute Gasteiger partial charge is 0.467 e. The van der Waals surface area contributed by atoms with Crippen molar-refractivity contribution in [3.05, 3.63) is 81.3 Å². The molecule has 3 aliphatic rings. The van der Waals surface area contributed by atoms with E-state index in [1.807, 2.05) is 74.2 Å². The summed E-state index contributed by atoms with van der Waals surface area (Å²) < 4.78 is 18.6. The van der Waals surface area contributed by atoms with Crippen molar-refractivity contribution >= 4 is 44.9 Å². The molecule has 3 heterocycles. The van der Waals surface area contributed by atoms with E-state index >= 15 is 0 Å². The summed E-state index contributed by atoms with van der Waals surface area (Å²) >= 11 is 9.42. The van der Waals surface area contributed by atoms with Crippen LogP contribution in [0, 0.1) is 19.8 Å². The minimum absolute atomic E-state index is 0.143. The zero-order chi connectivity index (χ0) is 25.9. The number of fused-ring (bicyclic) bond motifs is 5. The second-order valence-corrected chi connectivity index (χ2v) is 11.1. The lowest BCUT2D eigenvalue weighted by Gasteiger charge is -2.56. The van der Waals surface area contributed by atoms with Gasteiger partial charge in [-0.05, 0) is 80.5 Å². The standard InChI is InChI=1S/C28H26BrN3O4S/c1-15-4-7-20(16(2)10-15)30-26(33)24-25-19-12-18(29)6-9-21(19)36-28(24,3)32(27(37)31-25)13-17-5-8-22-23(11-17)35-14-34-22/h4-12,24-25H,13-14H2,1-3H3,(H,30,33)(H,31,37)/t24-,25+,28+/m1/s1. The molecule has 0 spiro atoms. The van der Waals surface area contributed by atoms with Crippen molar-refractivity contribution in [2.75, 3.05) is 12.1 Å². The monoisotopic (exact) mass is 579 g/mol. The van der Waals surface area contributed by atoms with E-state index in [4.69, 9.17) is 26.4 Å². The third-order valence-electron chi connectivity index (χ3n) is 7.29. The number of benzene rings is 3. The summed E-state index contributed by atoms with van der Waals surface area (Å²) in [5, 5.41) is 7.14. The molecule has 0 aromatic heterocycles. The highest BCUT2D eigenvalue weighted by Crippen LogP contribution is 2.50. The zero-order valence-electron chi connectivity index (χ0n) is 20.6. The minimum Gasteiger partial charge on any atom is -0.467 e. The molecule has 0 unspecified atom stereocenters. The Kier molecular flexibility index (Phi) is 5.80. The molecule has 3 aromatic carbocycles. The summed E-state index contributed by atoms with van der Waals surface area (Å²) in [6, 6.07) is 17.3. The van der Waals surface area contributed by atoms with E-state index in [1.54, 1.807) is 0 Å². The highest BCUT2D eigenvalue weighted by atomic mass is 79.9. The summed E-state index contributed by atoms with van der Waals surface area (Å²) in [7, 11) is 0. The SMILES string of the molecule is Cc1ccc(NC(=O)[C@H]2[C@H]3NC(=S)N(Cc4ccc5c(c4)OCO5)[C@@]2(C)Oc2ccc(Br)cc23)c(C)c1. The minimum atomic E-state index is -1.05. The normalized spacial score (nSPS) is 23.1. The number of nitrogens with one attached hydrogen (secondary N) is 2. The molecule has 2 bridgehead atoms. The molecule has 1 saturated heterocycles. The van der Waals surface area contributed by atoms with E-state index in [9.17, 15) is 4.79 Å². The van der Waals surface area contributed by atoms with Crippen LogP contribution >= 0.6 is 28.1 Å². The molecule has 0 saturated carbocycles. The Hall–Kier alpha value is -3.30. The molecule has 3 aromatic rings. The molecule has 1 fully saturated rings. The number of hydrogen-bond acceptors (Lipinski definition) is 5. The van der Waals surface area contributed by atoms with Crippen molar-refractivity contribution < 1.29 is 19.0 Å². The molecule has 9 heteroatoms. The zero-order valence-corrected chi connectivity index (χ0v) is 23.0. The van der Waals surface area contributed by atoms with Gasteiger partial charge in [0.05, 0.1) is 6.04 Å². The first-order chi connectivity index (χ1) is 17.7. The summed E-state index contributed by atoms with van der Waals surface area (Å²) in [6.07, 6.45) is 0. The maximum absolute atomic E-state index is 14.0. The fourth-order valence-electron chi connectivity index (χ4n) is 5.44. The van der Waals surface area contributed by atoms with Gasteiger partial charge in [-0.25, -0.2) is 0 Å². The molecule has 2 N–H and O–H groups in total. The molecule has 1 amide bonds. The summed E-state index contributed by atoms with van der Waals surface area (Å²) in [4.78, 5) is 16.0. The number of rotatable bonds is 4. The highest BCUT2D eigenvalue weighted by molar-refractivity contribution is 9.10. The number of hydrogen-bond donors (Lipinski definition) is 2. The van der Waals surface area contributed by atoms with Gasteiger partial charge in [-0.3, -0.25) is 4.79 Å². The fourth-order valence-corrected chi connectivity index (χ4v) is 6.19. The van der Waals surface area contributed by atoms with Gasteiger partial charge in [0, 0.05) is 22.3 Å². The Morgan fingerprint density at radius 1 is 1.11 bits per heavy atom. The van der Waals surface area contributed by atoms with Crippen LogP contribution in [0.4, 0.5) is 5.69 Å². The van der Waals surface area contributed by atoms with Crippen LogP contribution in [0.1, 0.15) is 35.2 Å². The molecule has 0 aliphatic carbocycles. The van der Waals surface area contributed by atoms with Gasteiger partial charge >= 0.3 is 0 Å². The van der Waals surface area contributed by atoms with Crippen molar-refractivity contribution in [3.8, 4) is 17.2 Å². The van der Waals surface area contributed by atoms with Crippen LogP contribution in [0.15, 0.2) is 59.1 Å². The number of halogens is 1. The first-order valence-corrected chi connectivity index (χ1v) is 13.3. The van der Waals surface area contributed by atoms with Crippen molar-refractivity contribution in [3.63, 3.8) is 0 Å². The fraction of sp³-hybridized carbons (Fsp3) is 0.286. The number of amides is 1. The maximum Gasteiger partial charge on any atom is 0.236 e. The third kappa shape index (κ3) is 4.10. The predicted octanol–water partition coefficient (Wildman–Crippen LogP) is 5.59. The van der Waals surface area contributed by atoms with E-state index < -0.39 is 11.6 Å². The Labute approximate surface area is 229 Å². The lowest BCUT2D eigenvalue weighted by Crippen LogP contribution is -2.71.